The van der Waals surface area contributed by atoms with Gasteiger partial charge in [0.15, 0.2) is 0 Å². The Labute approximate surface area is 176 Å². The number of aliphatic imine (C=N–C) groups is 1. The fourth-order valence-corrected chi connectivity index (χ4v) is 6.15. The molecule has 0 bridgehead atoms. The van der Waals surface area contributed by atoms with Crippen molar-refractivity contribution < 1.29 is 4.79 Å². The molecule has 1 aliphatic carbocycles. The van der Waals surface area contributed by atoms with Gasteiger partial charge in [-0.2, -0.15) is 0 Å². The number of benzene rings is 1. The standard InChI is InChI=1S/C21H30N4OS2/c26-20(16-28-21-22-10-15-27-21)23-18-8-4-5-9-19(18)25-13-11-24(12-14-25)17-6-2-1-3-7-17/h4-5,8-9,17H,1-3,6-7,10-16H2,(H,23,26). The Hall–Kier alpha value is -1.18. The molecule has 0 spiro atoms. The van der Waals surface area contributed by atoms with Crippen molar-refractivity contribution in [2.45, 2.75) is 38.1 Å². The summed E-state index contributed by atoms with van der Waals surface area (Å²) < 4.78 is 1.04. The third-order valence-corrected chi connectivity index (χ3v) is 8.06. The van der Waals surface area contributed by atoms with Gasteiger partial charge in [-0.15, -0.1) is 0 Å². The van der Waals surface area contributed by atoms with Crippen LogP contribution >= 0.6 is 23.5 Å². The zero-order chi connectivity index (χ0) is 19.2. The Balaban J connectivity index is 1.32. The normalized spacial score (nSPS) is 21.6. The molecule has 152 valence electrons. The maximum atomic E-state index is 12.4. The van der Waals surface area contributed by atoms with Crippen LogP contribution in [0.15, 0.2) is 29.3 Å². The Kier molecular flexibility index (Phi) is 7.20. The highest BCUT2D eigenvalue weighted by molar-refractivity contribution is 8.39. The van der Waals surface area contributed by atoms with Gasteiger partial charge in [-0.25, -0.2) is 0 Å². The number of thioether (sulfide) groups is 2. The summed E-state index contributed by atoms with van der Waals surface area (Å²) in [6.45, 7) is 5.20. The second-order valence-electron chi connectivity index (χ2n) is 7.66. The summed E-state index contributed by atoms with van der Waals surface area (Å²) in [4.78, 5) is 22.0. The number of nitrogens with zero attached hydrogens (tertiary/aromatic N) is 3. The van der Waals surface area contributed by atoms with E-state index in [0.717, 1.165) is 60.3 Å². The molecule has 4 rings (SSSR count). The second-order valence-corrected chi connectivity index (χ2v) is 9.97. The zero-order valence-corrected chi connectivity index (χ0v) is 18.1. The zero-order valence-electron chi connectivity index (χ0n) is 16.4. The van der Waals surface area contributed by atoms with Crippen LogP contribution in [-0.4, -0.2) is 65.5 Å². The molecule has 1 saturated carbocycles. The number of amides is 1. The minimum absolute atomic E-state index is 0.0495. The van der Waals surface area contributed by atoms with Crippen molar-refractivity contribution in [3.63, 3.8) is 0 Å². The van der Waals surface area contributed by atoms with E-state index in [2.05, 4.69) is 32.2 Å². The number of piperazine rings is 1. The van der Waals surface area contributed by atoms with E-state index in [1.54, 1.807) is 23.5 Å². The van der Waals surface area contributed by atoms with Gasteiger partial charge in [-0.05, 0) is 25.0 Å². The number of anilines is 2. The van der Waals surface area contributed by atoms with Crippen molar-refractivity contribution in [2.24, 2.45) is 4.99 Å². The van der Waals surface area contributed by atoms with Gasteiger partial charge in [0.2, 0.25) is 5.91 Å². The second kappa shape index (κ2) is 10.0. The van der Waals surface area contributed by atoms with E-state index in [-0.39, 0.29) is 5.91 Å². The fraction of sp³-hybridized carbons (Fsp3) is 0.619. The van der Waals surface area contributed by atoms with E-state index >= 15 is 0 Å². The molecular weight excluding hydrogens is 388 g/mol. The summed E-state index contributed by atoms with van der Waals surface area (Å²) >= 11 is 3.30. The maximum absolute atomic E-state index is 12.4. The van der Waals surface area contributed by atoms with Crippen molar-refractivity contribution in [3.05, 3.63) is 24.3 Å². The molecule has 2 fully saturated rings. The largest absolute Gasteiger partial charge is 0.367 e. The summed E-state index contributed by atoms with van der Waals surface area (Å²) in [6.07, 6.45) is 6.93. The lowest BCUT2D eigenvalue weighted by atomic mass is 9.94. The molecular formula is C21H30N4OS2. The SMILES string of the molecule is O=C(CSC1=NCCS1)Nc1ccccc1N1CCN(C2CCCCC2)CC1. The molecule has 0 atom stereocenters. The topological polar surface area (TPSA) is 47.9 Å². The maximum Gasteiger partial charge on any atom is 0.234 e. The molecule has 7 heteroatoms. The van der Waals surface area contributed by atoms with Crippen molar-refractivity contribution >= 4 is 45.2 Å². The van der Waals surface area contributed by atoms with E-state index < -0.39 is 0 Å². The predicted molar refractivity (Wildman–Crippen MR) is 123 cm³/mol. The first-order valence-electron chi connectivity index (χ1n) is 10.5. The number of carbonyl (C=O) groups excluding carboxylic acids is 1. The average Bonchev–Trinajstić information content (AvgIpc) is 3.27. The van der Waals surface area contributed by atoms with E-state index in [9.17, 15) is 4.79 Å². The first-order valence-corrected chi connectivity index (χ1v) is 12.4. The third kappa shape index (κ3) is 5.24. The molecule has 2 heterocycles. The molecule has 1 N–H and O–H groups in total. The lowest BCUT2D eigenvalue weighted by molar-refractivity contribution is -0.113. The Bertz CT molecular complexity index is 697. The summed E-state index contributed by atoms with van der Waals surface area (Å²) in [6, 6.07) is 9.01. The van der Waals surface area contributed by atoms with E-state index in [1.165, 1.54) is 32.1 Å². The summed E-state index contributed by atoms with van der Waals surface area (Å²) in [5.74, 6) is 1.52. The lowest BCUT2D eigenvalue weighted by Crippen LogP contribution is -2.51. The smallest absolute Gasteiger partial charge is 0.234 e. The highest BCUT2D eigenvalue weighted by Crippen LogP contribution is 2.29. The number of para-hydroxylation sites is 2. The molecule has 2 aliphatic heterocycles. The summed E-state index contributed by atoms with van der Waals surface area (Å²) in [5, 5.41) is 3.13. The number of hydrogen-bond donors (Lipinski definition) is 1. The molecule has 1 saturated heterocycles. The average molecular weight is 419 g/mol. The van der Waals surface area contributed by atoms with Crippen molar-refractivity contribution in [3.8, 4) is 0 Å². The Morgan fingerprint density at radius 1 is 1.14 bits per heavy atom. The number of carbonyl (C=O) groups is 1. The third-order valence-electron chi connectivity index (χ3n) is 5.81. The number of rotatable bonds is 5. The van der Waals surface area contributed by atoms with Crippen LogP contribution in [0.25, 0.3) is 0 Å². The van der Waals surface area contributed by atoms with Gasteiger partial charge in [0.25, 0.3) is 0 Å². The molecule has 28 heavy (non-hydrogen) atoms. The quantitative estimate of drug-likeness (QED) is 0.785. The molecule has 1 aromatic carbocycles. The van der Waals surface area contributed by atoms with E-state index in [4.69, 9.17) is 0 Å². The van der Waals surface area contributed by atoms with Crippen LogP contribution in [0.5, 0.6) is 0 Å². The van der Waals surface area contributed by atoms with Crippen LogP contribution in [0.4, 0.5) is 11.4 Å². The van der Waals surface area contributed by atoms with Gasteiger partial charge in [0.05, 0.1) is 23.7 Å². The van der Waals surface area contributed by atoms with Crippen molar-refractivity contribution in [2.75, 3.05) is 54.4 Å². The minimum atomic E-state index is 0.0495. The molecule has 0 aromatic heterocycles. The molecule has 1 amide bonds. The predicted octanol–water partition coefficient (Wildman–Crippen LogP) is 3.92. The van der Waals surface area contributed by atoms with Gasteiger partial charge < -0.3 is 10.2 Å². The van der Waals surface area contributed by atoms with Gasteiger partial charge in [0.1, 0.15) is 4.38 Å². The van der Waals surface area contributed by atoms with Gasteiger partial charge in [-0.1, -0.05) is 54.9 Å². The highest BCUT2D eigenvalue weighted by atomic mass is 32.2. The Morgan fingerprint density at radius 3 is 2.68 bits per heavy atom. The van der Waals surface area contributed by atoms with Crippen LogP contribution in [-0.2, 0) is 4.79 Å². The first-order chi connectivity index (χ1) is 13.8. The van der Waals surface area contributed by atoms with Crippen LogP contribution in [0.2, 0.25) is 0 Å². The monoisotopic (exact) mass is 418 g/mol. The summed E-state index contributed by atoms with van der Waals surface area (Å²) in [5.41, 5.74) is 2.08. The first kappa shape index (κ1) is 20.1. The highest BCUT2D eigenvalue weighted by Gasteiger charge is 2.26. The van der Waals surface area contributed by atoms with E-state index in [1.807, 2.05) is 12.1 Å². The van der Waals surface area contributed by atoms with Crippen LogP contribution in [0, 0.1) is 0 Å². The van der Waals surface area contributed by atoms with Crippen LogP contribution in [0.3, 0.4) is 0 Å². The van der Waals surface area contributed by atoms with Gasteiger partial charge >= 0.3 is 0 Å². The van der Waals surface area contributed by atoms with Crippen LogP contribution < -0.4 is 10.2 Å². The fourth-order valence-electron chi connectivity index (χ4n) is 4.35. The number of nitrogens with one attached hydrogen (secondary N) is 1. The Morgan fingerprint density at radius 2 is 1.93 bits per heavy atom. The molecule has 0 radical (unpaired) electrons. The lowest BCUT2D eigenvalue weighted by Gasteiger charge is -2.42. The molecule has 5 nitrogen and oxygen atoms in total. The number of hydrogen-bond acceptors (Lipinski definition) is 6. The minimum Gasteiger partial charge on any atom is -0.367 e. The van der Waals surface area contributed by atoms with Crippen molar-refractivity contribution in [1.82, 2.24) is 4.90 Å². The van der Waals surface area contributed by atoms with Crippen molar-refractivity contribution in [1.29, 1.82) is 0 Å². The molecule has 1 aromatic rings. The summed E-state index contributed by atoms with van der Waals surface area (Å²) in [7, 11) is 0. The van der Waals surface area contributed by atoms with E-state index in [0.29, 0.717) is 5.75 Å². The molecule has 0 unspecified atom stereocenters. The van der Waals surface area contributed by atoms with Crippen LogP contribution in [0.1, 0.15) is 32.1 Å². The molecule has 3 aliphatic rings. The van der Waals surface area contributed by atoms with Gasteiger partial charge in [-0.3, -0.25) is 14.7 Å². The van der Waals surface area contributed by atoms with Gasteiger partial charge in [0, 0.05) is 38.0 Å².